The van der Waals surface area contributed by atoms with E-state index in [0.717, 1.165) is 17.5 Å². The average molecular weight is 209 g/mol. The summed E-state index contributed by atoms with van der Waals surface area (Å²) in [4.78, 5) is 4.15. The molecule has 0 bridgehead atoms. The molecule has 78 valence electrons. The van der Waals surface area contributed by atoms with Gasteiger partial charge in [-0.05, 0) is 29.7 Å². The number of rotatable bonds is 2. The Morgan fingerprint density at radius 1 is 0.938 bits per heavy atom. The Hall–Kier alpha value is -2.09. The Balaban J connectivity index is 1.94. The van der Waals surface area contributed by atoms with Gasteiger partial charge in [-0.1, -0.05) is 36.4 Å². The van der Waals surface area contributed by atoms with E-state index in [2.05, 4.69) is 41.4 Å². The van der Waals surface area contributed by atoms with Crippen molar-refractivity contribution in [1.82, 2.24) is 4.98 Å². The lowest BCUT2D eigenvalue weighted by Gasteiger charge is -2.00. The van der Waals surface area contributed by atoms with Crippen molar-refractivity contribution in [3.8, 4) is 0 Å². The normalized spacial score (nSPS) is 10.8. The molecule has 0 aliphatic carbocycles. The first kappa shape index (κ1) is 9.16. The maximum Gasteiger partial charge on any atom is 0.181 e. The van der Waals surface area contributed by atoms with Gasteiger partial charge in [0.05, 0.1) is 0 Å². The van der Waals surface area contributed by atoms with Gasteiger partial charge in [0.15, 0.2) is 12.0 Å². The molecule has 3 rings (SSSR count). The van der Waals surface area contributed by atoms with Crippen molar-refractivity contribution in [1.29, 1.82) is 0 Å². The summed E-state index contributed by atoms with van der Waals surface area (Å²) in [5.74, 6) is 0. The molecule has 3 aromatic rings. The van der Waals surface area contributed by atoms with Crippen LogP contribution in [0.3, 0.4) is 0 Å². The Bertz CT molecular complexity index is 598. The van der Waals surface area contributed by atoms with Gasteiger partial charge in [-0.25, -0.2) is 4.98 Å². The van der Waals surface area contributed by atoms with E-state index in [1.165, 1.54) is 17.5 Å². The number of benzene rings is 2. The molecule has 0 unspecified atom stereocenters. The van der Waals surface area contributed by atoms with Gasteiger partial charge in [0, 0.05) is 0 Å². The van der Waals surface area contributed by atoms with Gasteiger partial charge >= 0.3 is 0 Å². The Morgan fingerprint density at radius 3 is 2.69 bits per heavy atom. The molecular weight excluding hydrogens is 198 g/mol. The van der Waals surface area contributed by atoms with E-state index in [1.807, 2.05) is 12.1 Å². The van der Waals surface area contributed by atoms with Gasteiger partial charge in [-0.3, -0.25) is 0 Å². The Morgan fingerprint density at radius 2 is 1.81 bits per heavy atom. The molecule has 2 nitrogen and oxygen atoms in total. The predicted molar refractivity (Wildman–Crippen MR) is 63.3 cm³/mol. The van der Waals surface area contributed by atoms with Gasteiger partial charge in [0.2, 0.25) is 0 Å². The van der Waals surface area contributed by atoms with Crippen molar-refractivity contribution < 1.29 is 4.42 Å². The summed E-state index contributed by atoms with van der Waals surface area (Å²) in [7, 11) is 0. The van der Waals surface area contributed by atoms with Crippen molar-refractivity contribution in [3.05, 3.63) is 66.1 Å². The zero-order valence-electron chi connectivity index (χ0n) is 8.76. The van der Waals surface area contributed by atoms with E-state index < -0.39 is 0 Å². The quantitative estimate of drug-likeness (QED) is 0.646. The standard InChI is InChI=1S/C14H11NO/c1-2-4-11(5-3-1)8-12-6-7-14-13(9-12)15-10-16-14/h1-7,9-10H,8H2. The highest BCUT2D eigenvalue weighted by molar-refractivity contribution is 5.72. The predicted octanol–water partition coefficient (Wildman–Crippen LogP) is 3.42. The van der Waals surface area contributed by atoms with Crippen LogP contribution in [0.25, 0.3) is 11.1 Å². The van der Waals surface area contributed by atoms with Crippen LogP contribution in [0.5, 0.6) is 0 Å². The lowest BCUT2D eigenvalue weighted by atomic mass is 10.0. The van der Waals surface area contributed by atoms with Crippen LogP contribution in [0.2, 0.25) is 0 Å². The molecule has 0 radical (unpaired) electrons. The van der Waals surface area contributed by atoms with Crippen molar-refractivity contribution >= 4 is 11.1 Å². The van der Waals surface area contributed by atoms with E-state index in [0.29, 0.717) is 0 Å². The number of hydrogen-bond acceptors (Lipinski definition) is 2. The molecular formula is C14H11NO. The fourth-order valence-electron chi connectivity index (χ4n) is 1.84. The highest BCUT2D eigenvalue weighted by atomic mass is 16.3. The summed E-state index contributed by atoms with van der Waals surface area (Å²) < 4.78 is 5.21. The zero-order chi connectivity index (χ0) is 10.8. The van der Waals surface area contributed by atoms with Crippen molar-refractivity contribution in [2.45, 2.75) is 6.42 Å². The maximum absolute atomic E-state index is 5.21. The van der Waals surface area contributed by atoms with Crippen LogP contribution < -0.4 is 0 Å². The third kappa shape index (κ3) is 1.70. The number of oxazole rings is 1. The monoisotopic (exact) mass is 209 g/mol. The van der Waals surface area contributed by atoms with Crippen LogP contribution in [0.4, 0.5) is 0 Å². The number of hydrogen-bond donors (Lipinski definition) is 0. The molecule has 1 aromatic heterocycles. The molecule has 0 amide bonds. The summed E-state index contributed by atoms with van der Waals surface area (Å²) >= 11 is 0. The lowest BCUT2D eigenvalue weighted by molar-refractivity contribution is 0.602. The largest absolute Gasteiger partial charge is 0.443 e. The summed E-state index contributed by atoms with van der Waals surface area (Å²) in [6.07, 6.45) is 2.42. The van der Waals surface area contributed by atoms with Crippen molar-refractivity contribution in [2.75, 3.05) is 0 Å². The molecule has 0 N–H and O–H groups in total. The van der Waals surface area contributed by atoms with E-state index >= 15 is 0 Å². The van der Waals surface area contributed by atoms with E-state index in [9.17, 15) is 0 Å². The van der Waals surface area contributed by atoms with Gasteiger partial charge in [-0.2, -0.15) is 0 Å². The van der Waals surface area contributed by atoms with Crippen LogP contribution in [0.1, 0.15) is 11.1 Å². The smallest absolute Gasteiger partial charge is 0.181 e. The third-order valence-electron chi connectivity index (χ3n) is 2.65. The summed E-state index contributed by atoms with van der Waals surface area (Å²) in [5, 5.41) is 0. The highest BCUT2D eigenvalue weighted by Gasteiger charge is 2.00. The van der Waals surface area contributed by atoms with Crippen LogP contribution in [0, 0.1) is 0 Å². The van der Waals surface area contributed by atoms with Crippen LogP contribution >= 0.6 is 0 Å². The number of nitrogens with zero attached hydrogens (tertiary/aromatic N) is 1. The molecule has 0 spiro atoms. The minimum atomic E-state index is 0.844. The second kappa shape index (κ2) is 3.81. The van der Waals surface area contributed by atoms with Crippen molar-refractivity contribution in [3.63, 3.8) is 0 Å². The van der Waals surface area contributed by atoms with E-state index in [-0.39, 0.29) is 0 Å². The maximum atomic E-state index is 5.21. The second-order valence-corrected chi connectivity index (χ2v) is 3.82. The molecule has 0 fully saturated rings. The minimum Gasteiger partial charge on any atom is -0.443 e. The first-order chi connectivity index (χ1) is 7.92. The van der Waals surface area contributed by atoms with E-state index in [1.54, 1.807) is 0 Å². The average Bonchev–Trinajstić information content (AvgIpc) is 2.77. The Kier molecular flexibility index (Phi) is 2.18. The second-order valence-electron chi connectivity index (χ2n) is 3.82. The molecule has 1 heterocycles. The Labute approximate surface area is 93.5 Å². The first-order valence-corrected chi connectivity index (χ1v) is 5.28. The highest BCUT2D eigenvalue weighted by Crippen LogP contribution is 2.16. The van der Waals surface area contributed by atoms with Gasteiger partial charge < -0.3 is 4.42 Å². The number of fused-ring (bicyclic) bond motifs is 1. The molecule has 0 aliphatic heterocycles. The van der Waals surface area contributed by atoms with Gasteiger partial charge in [0.25, 0.3) is 0 Å². The van der Waals surface area contributed by atoms with Gasteiger partial charge in [0.1, 0.15) is 5.52 Å². The lowest BCUT2D eigenvalue weighted by Crippen LogP contribution is -1.87. The van der Waals surface area contributed by atoms with Crippen LogP contribution in [0.15, 0.2) is 59.3 Å². The molecule has 0 aliphatic rings. The van der Waals surface area contributed by atoms with Gasteiger partial charge in [-0.15, -0.1) is 0 Å². The molecule has 0 saturated carbocycles. The first-order valence-electron chi connectivity index (χ1n) is 5.28. The SMILES string of the molecule is c1ccc(Cc2ccc3ocnc3c2)cc1. The molecule has 2 aromatic carbocycles. The molecule has 16 heavy (non-hydrogen) atoms. The summed E-state index contributed by atoms with van der Waals surface area (Å²) in [6, 6.07) is 16.5. The summed E-state index contributed by atoms with van der Waals surface area (Å²) in [6.45, 7) is 0. The topological polar surface area (TPSA) is 26.0 Å². The minimum absolute atomic E-state index is 0.844. The fourth-order valence-corrected chi connectivity index (χ4v) is 1.84. The van der Waals surface area contributed by atoms with Crippen LogP contribution in [-0.4, -0.2) is 4.98 Å². The summed E-state index contributed by atoms with van der Waals surface area (Å²) in [5.41, 5.74) is 4.34. The zero-order valence-corrected chi connectivity index (χ0v) is 8.76. The number of aromatic nitrogens is 1. The van der Waals surface area contributed by atoms with Crippen LogP contribution in [-0.2, 0) is 6.42 Å². The molecule has 0 atom stereocenters. The fraction of sp³-hybridized carbons (Fsp3) is 0.0714. The third-order valence-corrected chi connectivity index (χ3v) is 2.65. The van der Waals surface area contributed by atoms with E-state index in [4.69, 9.17) is 4.42 Å². The molecule has 2 heteroatoms. The van der Waals surface area contributed by atoms with Crippen molar-refractivity contribution in [2.24, 2.45) is 0 Å². The molecule has 0 saturated heterocycles.